The summed E-state index contributed by atoms with van der Waals surface area (Å²) in [5, 5.41) is 20.2. The van der Waals surface area contributed by atoms with Crippen molar-refractivity contribution in [2.24, 2.45) is 5.41 Å². The van der Waals surface area contributed by atoms with Gasteiger partial charge in [-0.25, -0.2) is 0 Å². The van der Waals surface area contributed by atoms with Crippen molar-refractivity contribution in [1.29, 1.82) is 5.26 Å². The number of ether oxygens (including phenoxy) is 2. The number of aliphatic hydroxyl groups excluding tert-OH is 1. The van der Waals surface area contributed by atoms with Crippen LogP contribution in [0.4, 0.5) is 0 Å². The number of hydrogen-bond acceptors (Lipinski definition) is 4. The van der Waals surface area contributed by atoms with E-state index in [2.05, 4.69) is 6.07 Å². The summed E-state index contributed by atoms with van der Waals surface area (Å²) in [7, 11) is 0. The van der Waals surface area contributed by atoms with Crippen LogP contribution < -0.4 is 4.74 Å². The highest BCUT2D eigenvalue weighted by atomic mass is 16.5. The van der Waals surface area contributed by atoms with E-state index in [1.54, 1.807) is 0 Å². The van der Waals surface area contributed by atoms with Crippen LogP contribution in [-0.4, -0.2) is 23.9 Å². The molecule has 0 amide bonds. The summed E-state index contributed by atoms with van der Waals surface area (Å²) in [6, 6.07) is 8.04. The van der Waals surface area contributed by atoms with Crippen LogP contribution in [0.25, 0.3) is 0 Å². The number of nitrogens with zero attached hydrogens (tertiary/aromatic N) is 1. The molecular weight excluding hydrogens is 254 g/mol. The van der Waals surface area contributed by atoms with E-state index in [0.29, 0.717) is 18.6 Å². The van der Waals surface area contributed by atoms with Crippen molar-refractivity contribution >= 4 is 0 Å². The molecule has 2 aliphatic heterocycles. The Balaban J connectivity index is 2.01. The first kappa shape index (κ1) is 13.4. The third-order valence-corrected chi connectivity index (χ3v) is 4.21. The zero-order valence-corrected chi connectivity index (χ0v) is 11.8. The first-order chi connectivity index (χ1) is 9.47. The van der Waals surface area contributed by atoms with Crippen LogP contribution in [0.2, 0.25) is 0 Å². The van der Waals surface area contributed by atoms with Crippen LogP contribution in [-0.2, 0) is 11.2 Å². The first-order valence-electron chi connectivity index (χ1n) is 6.95. The summed E-state index contributed by atoms with van der Waals surface area (Å²) in [5.74, 6) is 0.742. The maximum atomic E-state index is 10.7. The Kier molecular flexibility index (Phi) is 3.00. The van der Waals surface area contributed by atoms with Crippen molar-refractivity contribution in [3.8, 4) is 11.8 Å². The molecule has 3 rings (SSSR count). The van der Waals surface area contributed by atoms with Gasteiger partial charge in [-0.05, 0) is 25.8 Å². The molecule has 1 aromatic carbocycles. The second-order valence-electron chi connectivity index (χ2n) is 6.35. The van der Waals surface area contributed by atoms with E-state index >= 15 is 0 Å². The second kappa shape index (κ2) is 4.47. The number of rotatable bonds is 2. The number of nitriles is 1. The van der Waals surface area contributed by atoms with Crippen LogP contribution in [0.1, 0.15) is 37.5 Å². The Labute approximate surface area is 118 Å². The van der Waals surface area contributed by atoms with E-state index in [-0.39, 0.29) is 12.2 Å². The predicted octanol–water partition coefficient (Wildman–Crippen LogP) is 2.36. The number of aliphatic hydroxyl groups is 1. The lowest BCUT2D eigenvalue weighted by molar-refractivity contribution is 0.0456. The zero-order valence-electron chi connectivity index (χ0n) is 11.8. The van der Waals surface area contributed by atoms with Gasteiger partial charge in [0.25, 0.3) is 0 Å². The van der Waals surface area contributed by atoms with Crippen molar-refractivity contribution in [1.82, 2.24) is 0 Å². The van der Waals surface area contributed by atoms with Crippen LogP contribution in [0, 0.1) is 16.7 Å². The Hall–Kier alpha value is -1.57. The van der Waals surface area contributed by atoms with E-state index in [1.807, 2.05) is 32.0 Å². The Morgan fingerprint density at radius 1 is 1.40 bits per heavy atom. The average molecular weight is 273 g/mol. The number of para-hydroxylation sites is 1. The molecule has 0 radical (unpaired) electrons. The Bertz CT molecular complexity index is 568. The van der Waals surface area contributed by atoms with Crippen molar-refractivity contribution in [3.63, 3.8) is 0 Å². The first-order valence-corrected chi connectivity index (χ1v) is 6.95. The third kappa shape index (κ3) is 1.98. The van der Waals surface area contributed by atoms with Gasteiger partial charge in [0.15, 0.2) is 0 Å². The van der Waals surface area contributed by atoms with Crippen molar-refractivity contribution in [3.05, 3.63) is 29.3 Å². The summed E-state index contributed by atoms with van der Waals surface area (Å²) < 4.78 is 11.3. The molecule has 2 atom stereocenters. The van der Waals surface area contributed by atoms with Gasteiger partial charge >= 0.3 is 0 Å². The highest BCUT2D eigenvalue weighted by molar-refractivity contribution is 5.48. The molecule has 2 aliphatic rings. The molecule has 1 fully saturated rings. The standard InChI is InChI=1S/C16H19NO3/c1-15(2)8-11-4-3-5-12(13(11)20-15)14(18)16(9-17)6-7-19-10-16/h3-5,14,18H,6-8,10H2,1-2H3. The number of hydrogen-bond donors (Lipinski definition) is 1. The fraction of sp³-hybridized carbons (Fsp3) is 0.562. The normalized spacial score (nSPS) is 28.5. The van der Waals surface area contributed by atoms with Crippen LogP contribution in [0.3, 0.4) is 0 Å². The summed E-state index contributed by atoms with van der Waals surface area (Å²) in [6.07, 6.45) is 0.496. The quantitative estimate of drug-likeness (QED) is 0.898. The minimum atomic E-state index is -0.876. The molecule has 0 saturated carbocycles. The summed E-state index contributed by atoms with van der Waals surface area (Å²) >= 11 is 0. The van der Waals surface area contributed by atoms with Gasteiger partial charge in [-0.2, -0.15) is 5.26 Å². The number of fused-ring (bicyclic) bond motifs is 1. The summed E-state index contributed by atoms with van der Waals surface area (Å²) in [6.45, 7) is 4.85. The zero-order chi connectivity index (χ0) is 14.4. The lowest BCUT2D eigenvalue weighted by Crippen LogP contribution is -2.29. The van der Waals surface area contributed by atoms with E-state index in [1.165, 1.54) is 0 Å². The molecule has 2 heterocycles. The van der Waals surface area contributed by atoms with E-state index in [4.69, 9.17) is 9.47 Å². The monoisotopic (exact) mass is 273 g/mol. The molecule has 0 aromatic heterocycles. The maximum Gasteiger partial charge on any atom is 0.129 e. The summed E-state index contributed by atoms with van der Waals surface area (Å²) in [5.41, 5.74) is 0.689. The fourth-order valence-electron chi connectivity index (χ4n) is 3.10. The lowest BCUT2D eigenvalue weighted by atomic mass is 9.79. The molecule has 0 spiro atoms. The average Bonchev–Trinajstić information content (AvgIpc) is 3.00. The van der Waals surface area contributed by atoms with Crippen molar-refractivity contribution in [2.75, 3.05) is 13.2 Å². The molecule has 1 N–H and O–H groups in total. The molecule has 0 aliphatic carbocycles. The van der Waals surface area contributed by atoms with Crippen molar-refractivity contribution in [2.45, 2.75) is 38.4 Å². The molecule has 4 nitrogen and oxygen atoms in total. The smallest absolute Gasteiger partial charge is 0.129 e. The Morgan fingerprint density at radius 2 is 2.20 bits per heavy atom. The number of benzene rings is 1. The van der Waals surface area contributed by atoms with Gasteiger partial charge in [0.2, 0.25) is 0 Å². The molecule has 1 aromatic rings. The molecule has 106 valence electrons. The largest absolute Gasteiger partial charge is 0.487 e. The van der Waals surface area contributed by atoms with Crippen LogP contribution in [0.5, 0.6) is 5.75 Å². The van der Waals surface area contributed by atoms with Gasteiger partial charge in [0.05, 0.1) is 12.7 Å². The predicted molar refractivity (Wildman–Crippen MR) is 73.3 cm³/mol. The minimum Gasteiger partial charge on any atom is -0.487 e. The Morgan fingerprint density at radius 3 is 2.85 bits per heavy atom. The van der Waals surface area contributed by atoms with Gasteiger partial charge in [0, 0.05) is 18.6 Å². The fourth-order valence-corrected chi connectivity index (χ4v) is 3.10. The van der Waals surface area contributed by atoms with Gasteiger partial charge in [-0.15, -0.1) is 0 Å². The SMILES string of the molecule is CC1(C)Cc2cccc(C(O)C3(C#N)CCOC3)c2O1. The molecule has 1 saturated heterocycles. The highest BCUT2D eigenvalue weighted by Gasteiger charge is 2.45. The van der Waals surface area contributed by atoms with Gasteiger partial charge in [-0.1, -0.05) is 18.2 Å². The molecule has 2 unspecified atom stereocenters. The molecular formula is C16H19NO3. The van der Waals surface area contributed by atoms with Gasteiger partial charge in [0.1, 0.15) is 22.9 Å². The highest BCUT2D eigenvalue weighted by Crippen LogP contribution is 2.47. The van der Waals surface area contributed by atoms with Crippen LogP contribution in [0.15, 0.2) is 18.2 Å². The molecule has 20 heavy (non-hydrogen) atoms. The molecule has 0 bridgehead atoms. The van der Waals surface area contributed by atoms with E-state index in [0.717, 1.165) is 17.7 Å². The summed E-state index contributed by atoms with van der Waals surface area (Å²) in [4.78, 5) is 0. The van der Waals surface area contributed by atoms with Gasteiger partial charge < -0.3 is 14.6 Å². The van der Waals surface area contributed by atoms with E-state index < -0.39 is 11.5 Å². The molecule has 4 heteroatoms. The lowest BCUT2D eigenvalue weighted by Gasteiger charge is -2.27. The van der Waals surface area contributed by atoms with Crippen LogP contribution >= 0.6 is 0 Å². The van der Waals surface area contributed by atoms with E-state index in [9.17, 15) is 10.4 Å². The second-order valence-corrected chi connectivity index (χ2v) is 6.35. The maximum absolute atomic E-state index is 10.7. The minimum absolute atomic E-state index is 0.260. The van der Waals surface area contributed by atoms with Crippen molar-refractivity contribution < 1.29 is 14.6 Å². The van der Waals surface area contributed by atoms with Gasteiger partial charge in [-0.3, -0.25) is 0 Å². The third-order valence-electron chi connectivity index (χ3n) is 4.21. The topological polar surface area (TPSA) is 62.5 Å².